The third kappa shape index (κ3) is 4.83. The minimum atomic E-state index is -0.312. The number of anilines is 1. The second-order valence-electron chi connectivity index (χ2n) is 4.94. The topological polar surface area (TPSA) is 49.3 Å². The molecule has 0 aliphatic rings. The normalized spacial score (nSPS) is 9.32. The minimum absolute atomic E-state index is 0.0298. The molecule has 0 saturated heterocycles. The van der Waals surface area contributed by atoms with Crippen LogP contribution in [0.5, 0.6) is 5.75 Å². The molecule has 1 amide bonds. The Bertz CT molecular complexity index is 811. The van der Waals surface area contributed by atoms with Gasteiger partial charge in [-0.2, -0.15) is 0 Å². The molecule has 0 fully saturated rings. The molecule has 0 spiro atoms. The first-order valence-corrected chi connectivity index (χ1v) is 8.74. The smallest absolute Gasteiger partial charge is 0.259 e. The second-order valence-corrected chi connectivity index (χ2v) is 4.94. The van der Waals surface area contributed by atoms with Crippen LogP contribution in [-0.4, -0.2) is 11.0 Å². The van der Waals surface area contributed by atoms with Crippen LogP contribution in [0, 0.1) is 6.92 Å². The number of amides is 1. The van der Waals surface area contributed by atoms with Gasteiger partial charge in [-0.15, -0.1) is 0 Å². The maximum absolute atomic E-state index is 12.4. The summed E-state index contributed by atoms with van der Waals surface area (Å²) in [5.41, 5.74) is 1.70. The lowest BCUT2D eigenvalue weighted by atomic mass is 10.00. The van der Waals surface area contributed by atoms with Crippen LogP contribution >= 0.6 is 0 Å². The van der Waals surface area contributed by atoms with Crippen molar-refractivity contribution >= 4 is 22.4 Å². The van der Waals surface area contributed by atoms with E-state index >= 15 is 0 Å². The van der Waals surface area contributed by atoms with Crippen molar-refractivity contribution in [2.45, 2.75) is 34.6 Å². The molecule has 3 aromatic carbocycles. The van der Waals surface area contributed by atoms with Gasteiger partial charge in [-0.25, -0.2) is 0 Å². The van der Waals surface area contributed by atoms with Gasteiger partial charge in [0.05, 0.1) is 5.56 Å². The standard InChI is InChI=1S/C18H15NO2.2C2H6/c1-12-15-10-6-5-7-13(15)11-16(17(12)20)18(21)19-14-8-3-2-4-9-14;2*1-2/h2-11,20H,1H3,(H,19,21);2*1-2H3. The summed E-state index contributed by atoms with van der Waals surface area (Å²) in [5, 5.41) is 15.0. The van der Waals surface area contributed by atoms with Crippen LogP contribution in [0.15, 0.2) is 60.7 Å². The van der Waals surface area contributed by atoms with Crippen molar-refractivity contribution < 1.29 is 9.90 Å². The van der Waals surface area contributed by atoms with Gasteiger partial charge in [0.25, 0.3) is 5.91 Å². The third-order valence-corrected chi connectivity index (χ3v) is 3.55. The summed E-state index contributed by atoms with van der Waals surface area (Å²) in [5.74, 6) is -0.283. The van der Waals surface area contributed by atoms with Crippen molar-refractivity contribution in [1.82, 2.24) is 0 Å². The summed E-state index contributed by atoms with van der Waals surface area (Å²) < 4.78 is 0. The maximum Gasteiger partial charge on any atom is 0.259 e. The number of phenols is 1. The Labute approximate surface area is 150 Å². The molecule has 132 valence electrons. The fourth-order valence-electron chi connectivity index (χ4n) is 2.41. The first kappa shape index (κ1) is 20.2. The minimum Gasteiger partial charge on any atom is -0.507 e. The lowest BCUT2D eigenvalue weighted by Crippen LogP contribution is -2.12. The molecular weight excluding hydrogens is 310 g/mol. The maximum atomic E-state index is 12.4. The van der Waals surface area contributed by atoms with Crippen molar-refractivity contribution in [3.05, 3.63) is 71.8 Å². The molecule has 3 aromatic rings. The van der Waals surface area contributed by atoms with Gasteiger partial charge in [0.1, 0.15) is 5.75 Å². The molecule has 0 heterocycles. The molecule has 0 atom stereocenters. The summed E-state index contributed by atoms with van der Waals surface area (Å²) >= 11 is 0. The van der Waals surface area contributed by atoms with Crippen molar-refractivity contribution in [3.63, 3.8) is 0 Å². The summed E-state index contributed by atoms with van der Waals surface area (Å²) in [6, 6.07) is 18.6. The van der Waals surface area contributed by atoms with Crippen molar-refractivity contribution in [1.29, 1.82) is 0 Å². The summed E-state index contributed by atoms with van der Waals surface area (Å²) in [6.07, 6.45) is 0. The monoisotopic (exact) mass is 337 g/mol. The van der Waals surface area contributed by atoms with Crippen LogP contribution in [0.2, 0.25) is 0 Å². The molecule has 0 saturated carbocycles. The first-order chi connectivity index (χ1) is 12.2. The van der Waals surface area contributed by atoms with Gasteiger partial charge in [0, 0.05) is 5.69 Å². The Morgan fingerprint density at radius 2 is 1.44 bits per heavy atom. The SMILES string of the molecule is CC.CC.Cc1c(O)c(C(=O)Nc2ccccc2)cc2ccccc12. The van der Waals surface area contributed by atoms with Crippen LogP contribution in [0.3, 0.4) is 0 Å². The first-order valence-electron chi connectivity index (χ1n) is 8.74. The van der Waals surface area contributed by atoms with Gasteiger partial charge < -0.3 is 10.4 Å². The Morgan fingerprint density at radius 3 is 2.08 bits per heavy atom. The lowest BCUT2D eigenvalue weighted by molar-refractivity contribution is 0.102. The molecule has 0 aromatic heterocycles. The van der Waals surface area contributed by atoms with Gasteiger partial charge in [0.15, 0.2) is 0 Å². The van der Waals surface area contributed by atoms with E-state index in [4.69, 9.17) is 0 Å². The Kier molecular flexibility index (Phi) is 8.21. The van der Waals surface area contributed by atoms with E-state index in [1.54, 1.807) is 6.07 Å². The molecule has 3 heteroatoms. The zero-order chi connectivity index (χ0) is 18.8. The van der Waals surface area contributed by atoms with Crippen LogP contribution in [0.25, 0.3) is 10.8 Å². The molecule has 25 heavy (non-hydrogen) atoms. The van der Waals surface area contributed by atoms with E-state index in [0.717, 1.165) is 10.8 Å². The number of rotatable bonds is 2. The molecule has 2 N–H and O–H groups in total. The van der Waals surface area contributed by atoms with Gasteiger partial charge in [-0.3, -0.25) is 4.79 Å². The number of aryl methyl sites for hydroxylation is 1. The van der Waals surface area contributed by atoms with E-state index in [0.29, 0.717) is 11.3 Å². The van der Waals surface area contributed by atoms with E-state index in [1.165, 1.54) is 0 Å². The average molecular weight is 337 g/mol. The summed E-state index contributed by atoms with van der Waals surface area (Å²) in [4.78, 5) is 12.4. The lowest BCUT2D eigenvalue weighted by Gasteiger charge is -2.11. The molecule has 0 radical (unpaired) electrons. The van der Waals surface area contributed by atoms with E-state index in [9.17, 15) is 9.90 Å². The Hall–Kier alpha value is -2.81. The van der Waals surface area contributed by atoms with Crippen LogP contribution in [0.1, 0.15) is 43.6 Å². The number of aromatic hydroxyl groups is 1. The number of phenolic OH excluding ortho intramolecular Hbond substituents is 1. The molecule has 0 aliphatic carbocycles. The van der Waals surface area contributed by atoms with Gasteiger partial charge in [-0.05, 0) is 41.5 Å². The van der Waals surface area contributed by atoms with Crippen LogP contribution < -0.4 is 5.32 Å². The third-order valence-electron chi connectivity index (χ3n) is 3.55. The van der Waals surface area contributed by atoms with Gasteiger partial charge in [-0.1, -0.05) is 70.2 Å². The highest BCUT2D eigenvalue weighted by Gasteiger charge is 2.15. The van der Waals surface area contributed by atoms with Crippen LogP contribution in [0.4, 0.5) is 5.69 Å². The highest BCUT2D eigenvalue weighted by atomic mass is 16.3. The number of hydrogen-bond donors (Lipinski definition) is 2. The van der Waals surface area contributed by atoms with Gasteiger partial charge in [0.2, 0.25) is 0 Å². The molecular formula is C22H27NO2. The number of nitrogens with one attached hydrogen (secondary N) is 1. The number of fused-ring (bicyclic) bond motifs is 1. The summed E-state index contributed by atoms with van der Waals surface area (Å²) in [6.45, 7) is 9.82. The highest BCUT2D eigenvalue weighted by Crippen LogP contribution is 2.31. The zero-order valence-corrected chi connectivity index (χ0v) is 15.6. The largest absolute Gasteiger partial charge is 0.507 e. The van der Waals surface area contributed by atoms with Gasteiger partial charge >= 0.3 is 0 Å². The number of para-hydroxylation sites is 1. The predicted molar refractivity (Wildman–Crippen MR) is 107 cm³/mol. The predicted octanol–water partition coefficient (Wildman–Crippen LogP) is 6.16. The quantitative estimate of drug-likeness (QED) is 0.588. The fraction of sp³-hybridized carbons (Fsp3) is 0.227. The second kappa shape index (κ2) is 10.1. The molecule has 3 nitrogen and oxygen atoms in total. The molecule has 0 aliphatic heterocycles. The van der Waals surface area contributed by atoms with E-state index < -0.39 is 0 Å². The van der Waals surface area contributed by atoms with Crippen molar-refractivity contribution in [3.8, 4) is 5.75 Å². The molecule has 0 unspecified atom stereocenters. The fourth-order valence-corrected chi connectivity index (χ4v) is 2.41. The van der Waals surface area contributed by atoms with E-state index in [2.05, 4.69) is 5.32 Å². The molecule has 0 bridgehead atoms. The number of carbonyl (C=O) groups is 1. The van der Waals surface area contributed by atoms with Crippen molar-refractivity contribution in [2.75, 3.05) is 5.32 Å². The number of carbonyl (C=O) groups excluding carboxylic acids is 1. The average Bonchev–Trinajstić information content (AvgIpc) is 2.68. The zero-order valence-electron chi connectivity index (χ0n) is 15.6. The number of hydrogen-bond acceptors (Lipinski definition) is 2. The Balaban J connectivity index is 0.000000730. The summed E-state index contributed by atoms with van der Waals surface area (Å²) in [7, 11) is 0. The highest BCUT2D eigenvalue weighted by molar-refractivity contribution is 6.09. The number of benzene rings is 3. The van der Waals surface area contributed by atoms with E-state index in [-0.39, 0.29) is 17.2 Å². The Morgan fingerprint density at radius 1 is 0.880 bits per heavy atom. The van der Waals surface area contributed by atoms with E-state index in [1.807, 2.05) is 89.2 Å². The van der Waals surface area contributed by atoms with Crippen LogP contribution in [-0.2, 0) is 0 Å². The van der Waals surface area contributed by atoms with Crippen molar-refractivity contribution in [2.24, 2.45) is 0 Å². The molecule has 3 rings (SSSR count).